The number of carbonyl (C=O) groups excluding carboxylic acids is 1. The van der Waals surface area contributed by atoms with E-state index in [9.17, 15) is 18.0 Å². The Morgan fingerprint density at radius 3 is 2.00 bits per heavy atom. The molecule has 1 aromatic heterocycles. The molecule has 2 aliphatic rings. The third kappa shape index (κ3) is 5.41. The van der Waals surface area contributed by atoms with Gasteiger partial charge in [-0.2, -0.15) is 0 Å². The van der Waals surface area contributed by atoms with Gasteiger partial charge >= 0.3 is 6.36 Å². The number of benzene rings is 1. The van der Waals surface area contributed by atoms with E-state index in [1.807, 2.05) is 13.0 Å². The number of ether oxygens (including phenoxy) is 1. The van der Waals surface area contributed by atoms with Gasteiger partial charge in [0.2, 0.25) is 0 Å². The second-order valence-electron chi connectivity index (χ2n) is 8.03. The average Bonchev–Trinajstić information content (AvgIpc) is 2.78. The summed E-state index contributed by atoms with van der Waals surface area (Å²) >= 11 is 0. The van der Waals surface area contributed by atoms with E-state index in [1.165, 1.54) is 31.4 Å². The molecule has 0 saturated carbocycles. The zero-order valence-corrected chi connectivity index (χ0v) is 17.9. The molecule has 172 valence electrons. The smallest absolute Gasteiger partial charge is 0.406 e. The number of piperidine rings is 1. The van der Waals surface area contributed by atoms with Crippen molar-refractivity contribution in [3.63, 3.8) is 0 Å². The number of aryl methyl sites for hydroxylation is 1. The fraction of sp³-hybridized carbons (Fsp3) is 0.500. The standard InChI is InChI=1S/C22H26F3N5O2/c1-16-26-19(28-9-3-2-4-10-28)15-20(27-16)29-11-13-30(14-12-29)21(31)17-5-7-18(8-6-17)32-22(23,24)25/h5-8,15H,2-4,9-14H2,1H3. The number of carbonyl (C=O) groups is 1. The quantitative estimate of drug-likeness (QED) is 0.711. The number of hydrogen-bond acceptors (Lipinski definition) is 6. The zero-order valence-electron chi connectivity index (χ0n) is 17.9. The van der Waals surface area contributed by atoms with E-state index in [1.54, 1.807) is 4.90 Å². The number of halogens is 3. The van der Waals surface area contributed by atoms with Gasteiger partial charge in [0.25, 0.3) is 5.91 Å². The third-order valence-electron chi connectivity index (χ3n) is 5.72. The van der Waals surface area contributed by atoms with E-state index in [2.05, 4.69) is 24.5 Å². The summed E-state index contributed by atoms with van der Waals surface area (Å²) in [6.07, 6.45) is -1.17. The maximum Gasteiger partial charge on any atom is 0.573 e. The van der Waals surface area contributed by atoms with Crippen molar-refractivity contribution in [1.82, 2.24) is 14.9 Å². The Kier molecular flexibility index (Phi) is 6.38. The number of nitrogens with zero attached hydrogens (tertiary/aromatic N) is 5. The van der Waals surface area contributed by atoms with E-state index in [0.717, 1.165) is 42.7 Å². The number of amides is 1. The number of aromatic nitrogens is 2. The van der Waals surface area contributed by atoms with E-state index in [4.69, 9.17) is 0 Å². The molecule has 1 amide bonds. The van der Waals surface area contributed by atoms with E-state index >= 15 is 0 Å². The third-order valence-corrected chi connectivity index (χ3v) is 5.72. The molecule has 2 aliphatic heterocycles. The van der Waals surface area contributed by atoms with Crippen LogP contribution in [0.25, 0.3) is 0 Å². The molecule has 0 aliphatic carbocycles. The first-order valence-electron chi connectivity index (χ1n) is 10.8. The maximum absolute atomic E-state index is 12.8. The van der Waals surface area contributed by atoms with Crippen LogP contribution in [0.2, 0.25) is 0 Å². The fourth-order valence-electron chi connectivity index (χ4n) is 4.10. The first kappa shape index (κ1) is 22.2. The van der Waals surface area contributed by atoms with Crippen LogP contribution in [0.4, 0.5) is 24.8 Å². The Bertz CT molecular complexity index is 938. The minimum absolute atomic E-state index is 0.212. The maximum atomic E-state index is 12.8. The van der Waals surface area contributed by atoms with Crippen molar-refractivity contribution in [3.8, 4) is 5.75 Å². The molecule has 10 heteroatoms. The highest BCUT2D eigenvalue weighted by Gasteiger charge is 2.31. The molecule has 2 aromatic rings. The van der Waals surface area contributed by atoms with E-state index in [0.29, 0.717) is 31.7 Å². The Labute approximate surface area is 184 Å². The van der Waals surface area contributed by atoms with Crippen molar-refractivity contribution in [1.29, 1.82) is 0 Å². The SMILES string of the molecule is Cc1nc(N2CCCCC2)cc(N2CCN(C(=O)c3ccc(OC(F)(F)F)cc3)CC2)n1. The summed E-state index contributed by atoms with van der Waals surface area (Å²) < 4.78 is 40.8. The Morgan fingerprint density at radius 1 is 0.875 bits per heavy atom. The van der Waals surface area contributed by atoms with E-state index in [-0.39, 0.29) is 11.7 Å². The lowest BCUT2D eigenvalue weighted by atomic mass is 10.1. The molecule has 0 radical (unpaired) electrons. The fourth-order valence-corrected chi connectivity index (χ4v) is 4.10. The summed E-state index contributed by atoms with van der Waals surface area (Å²) in [5.74, 6) is 1.98. The van der Waals surface area contributed by atoms with Gasteiger partial charge in [-0.15, -0.1) is 13.2 Å². The molecule has 0 spiro atoms. The normalized spacial score (nSPS) is 17.4. The van der Waals surface area contributed by atoms with Gasteiger partial charge in [0.05, 0.1) is 0 Å². The molecule has 0 unspecified atom stereocenters. The van der Waals surface area contributed by atoms with Crippen LogP contribution in [0.1, 0.15) is 35.4 Å². The second-order valence-corrected chi connectivity index (χ2v) is 8.03. The lowest BCUT2D eigenvalue weighted by Gasteiger charge is -2.36. The molecular formula is C22H26F3N5O2. The van der Waals surface area contributed by atoms with Gasteiger partial charge in [-0.1, -0.05) is 0 Å². The van der Waals surface area contributed by atoms with Gasteiger partial charge in [0.15, 0.2) is 0 Å². The van der Waals surface area contributed by atoms with Crippen LogP contribution >= 0.6 is 0 Å². The van der Waals surface area contributed by atoms with Crippen molar-refractivity contribution in [2.45, 2.75) is 32.5 Å². The summed E-state index contributed by atoms with van der Waals surface area (Å²) in [5.41, 5.74) is 0.332. The first-order chi connectivity index (χ1) is 15.3. The van der Waals surface area contributed by atoms with Crippen molar-refractivity contribution >= 4 is 17.5 Å². The zero-order chi connectivity index (χ0) is 22.7. The lowest BCUT2D eigenvalue weighted by Crippen LogP contribution is -2.49. The highest BCUT2D eigenvalue weighted by atomic mass is 19.4. The minimum atomic E-state index is -4.75. The first-order valence-corrected chi connectivity index (χ1v) is 10.8. The topological polar surface area (TPSA) is 61.8 Å². The predicted octanol–water partition coefficient (Wildman–Crippen LogP) is 3.64. The molecular weight excluding hydrogens is 423 g/mol. The van der Waals surface area contributed by atoms with Crippen molar-refractivity contribution in [3.05, 3.63) is 41.7 Å². The van der Waals surface area contributed by atoms with Crippen LogP contribution in [0.3, 0.4) is 0 Å². The second kappa shape index (κ2) is 9.22. The van der Waals surface area contributed by atoms with E-state index < -0.39 is 6.36 Å². The van der Waals surface area contributed by atoms with Crippen LogP contribution in [0, 0.1) is 6.92 Å². The molecule has 4 rings (SSSR count). The van der Waals surface area contributed by atoms with Gasteiger partial charge in [0, 0.05) is 50.9 Å². The summed E-state index contributed by atoms with van der Waals surface area (Å²) in [6, 6.07) is 7.05. The van der Waals surface area contributed by atoms with Crippen LogP contribution in [-0.4, -0.2) is 66.4 Å². The Morgan fingerprint density at radius 2 is 1.44 bits per heavy atom. The van der Waals surface area contributed by atoms with Crippen molar-refractivity contribution in [2.24, 2.45) is 0 Å². The number of rotatable bonds is 4. The Hall–Kier alpha value is -3.04. The summed E-state index contributed by atoms with van der Waals surface area (Å²) in [5, 5.41) is 0. The molecule has 1 aromatic carbocycles. The lowest BCUT2D eigenvalue weighted by molar-refractivity contribution is -0.274. The highest BCUT2D eigenvalue weighted by molar-refractivity contribution is 5.94. The molecule has 2 saturated heterocycles. The van der Waals surface area contributed by atoms with Gasteiger partial charge in [-0.05, 0) is 50.5 Å². The Balaban J connectivity index is 1.38. The molecule has 7 nitrogen and oxygen atoms in total. The predicted molar refractivity (Wildman–Crippen MR) is 114 cm³/mol. The molecule has 0 bridgehead atoms. The molecule has 32 heavy (non-hydrogen) atoms. The van der Waals surface area contributed by atoms with Crippen molar-refractivity contribution < 1.29 is 22.7 Å². The largest absolute Gasteiger partial charge is 0.573 e. The monoisotopic (exact) mass is 449 g/mol. The summed E-state index contributed by atoms with van der Waals surface area (Å²) in [7, 11) is 0. The van der Waals surface area contributed by atoms with Crippen LogP contribution in [-0.2, 0) is 0 Å². The van der Waals surface area contributed by atoms with Crippen LogP contribution < -0.4 is 14.5 Å². The number of piperazine rings is 1. The minimum Gasteiger partial charge on any atom is -0.406 e. The average molecular weight is 449 g/mol. The summed E-state index contributed by atoms with van der Waals surface area (Å²) in [4.78, 5) is 28.1. The van der Waals surface area contributed by atoms with Crippen LogP contribution in [0.5, 0.6) is 5.75 Å². The van der Waals surface area contributed by atoms with Gasteiger partial charge in [0.1, 0.15) is 23.2 Å². The molecule has 0 N–H and O–H groups in total. The summed E-state index contributed by atoms with van der Waals surface area (Å²) in [6.45, 7) is 6.15. The number of alkyl halides is 3. The number of anilines is 2. The molecule has 0 atom stereocenters. The molecule has 3 heterocycles. The van der Waals surface area contributed by atoms with Gasteiger partial charge in [-0.3, -0.25) is 4.79 Å². The van der Waals surface area contributed by atoms with Crippen LogP contribution in [0.15, 0.2) is 30.3 Å². The molecule has 2 fully saturated rings. The highest BCUT2D eigenvalue weighted by Crippen LogP contribution is 2.25. The van der Waals surface area contributed by atoms with Gasteiger partial charge in [-0.25, -0.2) is 9.97 Å². The van der Waals surface area contributed by atoms with Crippen molar-refractivity contribution in [2.75, 3.05) is 49.1 Å². The number of hydrogen-bond donors (Lipinski definition) is 0. The van der Waals surface area contributed by atoms with Gasteiger partial charge < -0.3 is 19.4 Å².